The van der Waals surface area contributed by atoms with Crippen LogP contribution >= 0.6 is 31.3 Å². The van der Waals surface area contributed by atoms with E-state index in [1.165, 1.54) is 27.1 Å². The number of phosphoric acid groups is 4. The van der Waals surface area contributed by atoms with Gasteiger partial charge in [-0.1, -0.05) is 0 Å². The molecule has 0 saturated carbocycles. The molecule has 40 nitrogen and oxygen atoms in total. The summed E-state index contributed by atoms with van der Waals surface area (Å²) in [4.78, 5) is 109. The number of fused-ring (bicyclic) bond motifs is 3. The largest absolute Gasteiger partial charge is 0.490 e. The molecule has 3 aliphatic rings. The molecule has 80 heavy (non-hydrogen) atoms. The van der Waals surface area contributed by atoms with E-state index in [0.717, 1.165) is 30.7 Å². The fraction of sp³-hybridized carbons (Fsp3) is 0.556. The number of rotatable bonds is 22. The van der Waals surface area contributed by atoms with Gasteiger partial charge in [-0.3, -0.25) is 51.6 Å². The lowest BCUT2D eigenvalue weighted by Crippen LogP contribution is -2.38. The maximum Gasteiger partial charge on any atom is 0.490 e. The molecule has 3 fully saturated rings. The van der Waals surface area contributed by atoms with E-state index >= 15 is 0 Å². The number of carbonyl (C=O) groups is 1. The summed E-state index contributed by atoms with van der Waals surface area (Å²) in [7, 11) is -21.0. The van der Waals surface area contributed by atoms with E-state index in [1.807, 2.05) is 0 Å². The number of nitrogens with two attached hydrogens (primary N) is 3. The Morgan fingerprint density at radius 2 is 1.26 bits per heavy atom. The van der Waals surface area contributed by atoms with E-state index in [9.17, 15) is 67.5 Å². The van der Waals surface area contributed by atoms with Crippen molar-refractivity contribution in [2.24, 2.45) is 13.0 Å². The number of phosphoric ester groups is 3. The number of carbonyl (C=O) groups excluding carboxylic acids is 1. The van der Waals surface area contributed by atoms with Crippen LogP contribution in [0.15, 0.2) is 34.9 Å². The van der Waals surface area contributed by atoms with Crippen molar-refractivity contribution in [2.45, 2.75) is 80.9 Å². The number of amides is 1. The molecule has 5 unspecified atom stereocenters. The summed E-state index contributed by atoms with van der Waals surface area (Å²) >= 11 is 0. The Hall–Kier alpha value is -5.64. The van der Waals surface area contributed by atoms with Gasteiger partial charge in [-0.2, -0.15) is 23.2 Å². The Bertz CT molecular complexity index is 3640. The maximum atomic E-state index is 13.7. The number of anilines is 3. The summed E-state index contributed by atoms with van der Waals surface area (Å²) < 4.78 is 111. The maximum absolute atomic E-state index is 13.7. The first-order valence-electron chi connectivity index (χ1n) is 23.2. The van der Waals surface area contributed by atoms with Crippen molar-refractivity contribution < 1.29 is 108 Å². The van der Waals surface area contributed by atoms with E-state index in [0.29, 0.717) is 0 Å². The Labute approximate surface area is 445 Å². The molecule has 0 spiro atoms. The van der Waals surface area contributed by atoms with E-state index in [-0.39, 0.29) is 57.8 Å². The number of aromatic nitrogens is 12. The normalized spacial score (nSPS) is 29.2. The van der Waals surface area contributed by atoms with Crippen molar-refractivity contribution >= 4 is 88.4 Å². The van der Waals surface area contributed by atoms with Crippen molar-refractivity contribution in [2.75, 3.05) is 50.7 Å². The summed E-state index contributed by atoms with van der Waals surface area (Å²) in [6.07, 6.45) is -14.0. The SMILES string of the molecule is CCNC(=O)C[C@@H]1[C@@H](COP(=O)(O)OP(=O)(O)OP(=O)(O)OC[C@H]2O[C@@H](n3cnc4c(N)ncnc43)[C@H](OC)[C@@H]2OP(=O)(O)OC[C@H]2O[C@@H](n3cnc4c(=O)[nH]c(N)nc43)[C@H](O)[C@@H]2O)OC(n2c[n+](C)c3c(=O)[nH]c(N)nc32)[C@@H]1O. The van der Waals surface area contributed by atoms with Crippen molar-refractivity contribution in [3.8, 4) is 0 Å². The van der Waals surface area contributed by atoms with Crippen LogP contribution in [0.4, 0.5) is 17.7 Å². The molecule has 438 valence electrons. The van der Waals surface area contributed by atoms with Crippen molar-refractivity contribution in [1.82, 2.24) is 58.9 Å². The lowest BCUT2D eigenvalue weighted by atomic mass is 9.94. The van der Waals surface area contributed by atoms with Gasteiger partial charge >= 0.3 is 36.9 Å². The number of aliphatic hydroxyl groups excluding tert-OH is 3. The zero-order valence-electron chi connectivity index (χ0n) is 41.3. The number of H-pyrrole nitrogens is 2. The van der Waals surface area contributed by atoms with Gasteiger partial charge in [0.25, 0.3) is 16.7 Å². The van der Waals surface area contributed by atoms with Crippen LogP contribution in [-0.2, 0) is 75.8 Å². The van der Waals surface area contributed by atoms with Crippen LogP contribution in [0.3, 0.4) is 0 Å². The lowest BCUT2D eigenvalue weighted by Gasteiger charge is -2.26. The second-order valence-electron chi connectivity index (χ2n) is 17.8. The molecule has 6 aromatic rings. The first kappa shape index (κ1) is 59.0. The predicted octanol–water partition coefficient (Wildman–Crippen LogP) is -3.93. The third-order valence-electron chi connectivity index (χ3n) is 12.5. The summed E-state index contributed by atoms with van der Waals surface area (Å²) in [6, 6.07) is 0. The van der Waals surface area contributed by atoms with Crippen LogP contribution in [0.5, 0.6) is 0 Å². The third kappa shape index (κ3) is 12.1. The number of nitrogen functional groups attached to an aromatic ring is 3. The number of hydrogen-bond acceptors (Lipinski definition) is 29. The van der Waals surface area contributed by atoms with Crippen LogP contribution in [0.1, 0.15) is 32.0 Å². The summed E-state index contributed by atoms with van der Waals surface area (Å²) in [5.74, 6) is -2.56. The van der Waals surface area contributed by atoms with E-state index in [1.54, 1.807) is 6.92 Å². The molecule has 0 aliphatic carbocycles. The molecule has 16 N–H and O–H groups in total. The van der Waals surface area contributed by atoms with E-state index < -0.39 is 148 Å². The number of aryl methyl sites for hydroxylation is 1. The predicted molar refractivity (Wildman–Crippen MR) is 260 cm³/mol. The standard InChI is InChI=1S/C36H50N16O24P4/c1-4-40-17(53)5-13-14(71-32(21(13)54)52-12-49(2)20-29(52)46-36(39)48-31(20)58)6-69-78(61,62)75-80(65,66)76-79(63,64)70-8-16-24(25(67-3)34(73-16)50-10-43-18-26(37)41-9-42-27(18)50)74-77(59,60)68-7-15-22(55)23(56)33(72-15)51-11-44-19-28(51)45-35(38)47-30(19)57/h9-16,21-25,32-34,54-56H,4-8H2,1-3H3,(H12-,37,38,39,40,41,42,45,46,47,48,53,57,58,59,60,61,62,63,64,65,66)/p+1/t13-,14-,15-,16-,21-,22-,23-,24-,25-,32?,33-,34-/m1/s1. The monoisotopic (exact) mass is 1220 g/mol. The van der Waals surface area contributed by atoms with Crippen LogP contribution in [0.25, 0.3) is 33.5 Å². The van der Waals surface area contributed by atoms with Gasteiger partial charge < -0.3 is 76.4 Å². The zero-order valence-corrected chi connectivity index (χ0v) is 44.9. The molecule has 9 rings (SSSR count). The summed E-state index contributed by atoms with van der Waals surface area (Å²) in [5, 5.41) is 35.8. The minimum atomic E-state index is -6.24. The van der Waals surface area contributed by atoms with Gasteiger partial charge in [0.1, 0.15) is 54.6 Å². The molecule has 1 amide bonds. The highest BCUT2D eigenvalue weighted by molar-refractivity contribution is 7.66. The van der Waals surface area contributed by atoms with Gasteiger partial charge in [-0.15, -0.1) is 0 Å². The van der Waals surface area contributed by atoms with Gasteiger partial charge in [-0.25, -0.2) is 42.8 Å². The van der Waals surface area contributed by atoms with Gasteiger partial charge in [-0.05, 0) is 6.92 Å². The van der Waals surface area contributed by atoms with Crippen molar-refractivity contribution in [1.29, 1.82) is 0 Å². The number of nitrogens with one attached hydrogen (secondary N) is 3. The van der Waals surface area contributed by atoms with Crippen LogP contribution < -0.4 is 38.2 Å². The smallest absolute Gasteiger partial charge is 0.387 e. The number of hydrogen-bond donors (Lipinski definition) is 13. The minimum absolute atomic E-state index is 0.00421. The number of aromatic amines is 2. The highest BCUT2D eigenvalue weighted by Gasteiger charge is 2.54. The Morgan fingerprint density at radius 3 is 1.93 bits per heavy atom. The molecule has 3 aliphatic heterocycles. The first-order chi connectivity index (χ1) is 37.6. The molecular weight excluding hydrogens is 1160 g/mol. The van der Waals surface area contributed by atoms with Crippen LogP contribution in [-0.4, -0.2) is 177 Å². The molecule has 0 radical (unpaired) electrons. The van der Waals surface area contributed by atoms with Crippen molar-refractivity contribution in [3.63, 3.8) is 0 Å². The molecule has 6 aromatic heterocycles. The second-order valence-corrected chi connectivity index (χ2v) is 23.8. The highest BCUT2D eigenvalue weighted by Crippen LogP contribution is 2.68. The molecule has 0 aromatic carbocycles. The van der Waals surface area contributed by atoms with Crippen LogP contribution in [0.2, 0.25) is 0 Å². The third-order valence-corrected chi connectivity index (χ3v) is 17.8. The first-order valence-corrected chi connectivity index (χ1v) is 29.2. The average Bonchev–Trinajstić information content (AvgIpc) is 4.25. The Balaban J connectivity index is 0.877. The molecular formula is C36H51N16O24P4+. The molecule has 0 bridgehead atoms. The van der Waals surface area contributed by atoms with Gasteiger partial charge in [0.05, 0.1) is 45.6 Å². The molecule has 9 heterocycles. The lowest BCUT2D eigenvalue weighted by molar-refractivity contribution is -0.646. The zero-order chi connectivity index (χ0) is 58.0. The summed E-state index contributed by atoms with van der Waals surface area (Å²) in [6.45, 7) is -1.55. The van der Waals surface area contributed by atoms with E-state index in [4.69, 9.17) is 54.2 Å². The number of imidazole rings is 3. The topological polar surface area (TPSA) is 571 Å². The molecule has 3 saturated heterocycles. The highest BCUT2D eigenvalue weighted by atomic mass is 31.3. The van der Waals surface area contributed by atoms with Crippen molar-refractivity contribution in [3.05, 3.63) is 46.0 Å². The fourth-order valence-electron chi connectivity index (χ4n) is 9.11. The molecule has 16 atom stereocenters. The second kappa shape index (κ2) is 22.6. The number of methoxy groups -OCH3 is 1. The fourth-order valence-corrected chi connectivity index (χ4v) is 13.6. The van der Waals surface area contributed by atoms with Gasteiger partial charge in [0.2, 0.25) is 30.4 Å². The van der Waals surface area contributed by atoms with Crippen LogP contribution in [0, 0.1) is 5.92 Å². The Kier molecular flexibility index (Phi) is 16.7. The average molecular weight is 1220 g/mol. The number of nitrogens with zero attached hydrogens (tertiary/aromatic N) is 10. The van der Waals surface area contributed by atoms with E-state index in [2.05, 4.69) is 53.8 Å². The minimum Gasteiger partial charge on any atom is -0.387 e. The Morgan fingerprint density at radius 1 is 0.700 bits per heavy atom. The summed E-state index contributed by atoms with van der Waals surface area (Å²) in [5.41, 5.74) is 15.6. The molecule has 44 heteroatoms. The van der Waals surface area contributed by atoms with Gasteiger partial charge in [0, 0.05) is 26.0 Å². The number of ether oxygens (including phenoxy) is 4. The quantitative estimate of drug-likeness (QED) is 0.0228. The van der Waals surface area contributed by atoms with Gasteiger partial charge in [0.15, 0.2) is 35.1 Å². The number of aliphatic hydroxyl groups is 3.